The number of carbonyl (C=O) groups excluding carboxylic acids is 1. The van der Waals surface area contributed by atoms with Gasteiger partial charge in [-0.3, -0.25) is 4.79 Å². The highest BCUT2D eigenvalue weighted by Gasteiger charge is 2.23. The normalized spacial score (nSPS) is 10.6. The predicted octanol–water partition coefficient (Wildman–Crippen LogP) is 4.77. The molecule has 0 spiro atoms. The molecule has 1 amide bonds. The summed E-state index contributed by atoms with van der Waals surface area (Å²) in [4.78, 5) is 17.3. The molecule has 0 bridgehead atoms. The van der Waals surface area contributed by atoms with Gasteiger partial charge >= 0.3 is 0 Å². The second kappa shape index (κ2) is 7.57. The van der Waals surface area contributed by atoms with Crippen LogP contribution in [0.3, 0.4) is 0 Å². The molecule has 1 heterocycles. The zero-order chi connectivity index (χ0) is 16.9. The molecule has 4 heteroatoms. The Morgan fingerprint density at radius 3 is 2.04 bits per heavy atom. The molecule has 0 aliphatic heterocycles. The monoisotopic (exact) mass is 428 g/mol. The molecule has 0 radical (unpaired) electrons. The molecular formula is C20H17IN2O. The topological polar surface area (TPSA) is 42.0 Å². The molecule has 24 heavy (non-hydrogen) atoms. The molecule has 0 fully saturated rings. The third kappa shape index (κ3) is 3.82. The van der Waals surface area contributed by atoms with E-state index in [2.05, 4.69) is 32.9 Å². The van der Waals surface area contributed by atoms with Crippen LogP contribution >= 0.6 is 22.6 Å². The quantitative estimate of drug-likeness (QED) is 0.609. The second-order valence-electron chi connectivity index (χ2n) is 5.56. The van der Waals surface area contributed by atoms with E-state index in [1.54, 1.807) is 6.20 Å². The first-order chi connectivity index (χ1) is 11.6. The molecule has 0 aliphatic carbocycles. The molecular weight excluding hydrogens is 411 g/mol. The first-order valence-corrected chi connectivity index (χ1v) is 8.76. The molecule has 0 unspecified atom stereocenters. The summed E-state index contributed by atoms with van der Waals surface area (Å²) < 4.78 is 1.05. The number of carbonyl (C=O) groups is 1. The van der Waals surface area contributed by atoms with Crippen LogP contribution < -0.4 is 5.32 Å². The summed E-state index contributed by atoms with van der Waals surface area (Å²) in [6.07, 6.45) is 1.75. The van der Waals surface area contributed by atoms with Crippen LogP contribution in [-0.4, -0.2) is 10.9 Å². The lowest BCUT2D eigenvalue weighted by molar-refractivity contribution is -0.116. The summed E-state index contributed by atoms with van der Waals surface area (Å²) >= 11 is 2.21. The van der Waals surface area contributed by atoms with E-state index in [9.17, 15) is 4.79 Å². The van der Waals surface area contributed by atoms with Gasteiger partial charge in [-0.25, -0.2) is 4.98 Å². The molecule has 3 rings (SSSR count). The Bertz CT molecular complexity index is 795. The van der Waals surface area contributed by atoms with Gasteiger partial charge in [-0.05, 0) is 52.3 Å². The van der Waals surface area contributed by atoms with Crippen molar-refractivity contribution in [3.05, 3.63) is 93.2 Å². The highest BCUT2D eigenvalue weighted by Crippen LogP contribution is 2.26. The number of anilines is 1. The molecule has 1 aromatic heterocycles. The average Bonchev–Trinajstić information content (AvgIpc) is 2.60. The number of rotatable bonds is 4. The third-order valence-electron chi connectivity index (χ3n) is 3.81. The fourth-order valence-electron chi connectivity index (χ4n) is 2.65. The van der Waals surface area contributed by atoms with Crippen molar-refractivity contribution in [2.75, 3.05) is 5.32 Å². The molecule has 0 aliphatic rings. The highest BCUT2D eigenvalue weighted by molar-refractivity contribution is 14.1. The van der Waals surface area contributed by atoms with Crippen LogP contribution in [0.25, 0.3) is 0 Å². The second-order valence-corrected chi connectivity index (χ2v) is 6.81. The van der Waals surface area contributed by atoms with Gasteiger partial charge in [0.1, 0.15) is 5.82 Å². The minimum atomic E-state index is -0.368. The summed E-state index contributed by atoms with van der Waals surface area (Å²) in [7, 11) is 0. The van der Waals surface area contributed by atoms with E-state index in [-0.39, 0.29) is 11.8 Å². The number of aromatic nitrogens is 1. The van der Waals surface area contributed by atoms with Gasteiger partial charge in [0, 0.05) is 9.77 Å². The van der Waals surface area contributed by atoms with E-state index in [0.717, 1.165) is 20.3 Å². The number of benzene rings is 2. The summed E-state index contributed by atoms with van der Waals surface area (Å²) in [5, 5.41) is 2.98. The number of aryl methyl sites for hydroxylation is 1. The zero-order valence-electron chi connectivity index (χ0n) is 13.2. The zero-order valence-corrected chi connectivity index (χ0v) is 15.4. The van der Waals surface area contributed by atoms with E-state index < -0.39 is 0 Å². The van der Waals surface area contributed by atoms with Crippen molar-refractivity contribution < 1.29 is 4.79 Å². The van der Waals surface area contributed by atoms with Gasteiger partial charge in [0.15, 0.2) is 0 Å². The highest BCUT2D eigenvalue weighted by atomic mass is 127. The summed E-state index contributed by atoms with van der Waals surface area (Å²) in [6, 6.07) is 21.6. The molecule has 0 saturated heterocycles. The Hall–Kier alpha value is -2.21. The van der Waals surface area contributed by atoms with Gasteiger partial charge in [-0.2, -0.15) is 0 Å². The van der Waals surface area contributed by atoms with Gasteiger partial charge in [-0.15, -0.1) is 0 Å². The molecule has 120 valence electrons. The Morgan fingerprint density at radius 2 is 1.54 bits per heavy atom. The molecule has 0 atom stereocenters. The predicted molar refractivity (Wildman–Crippen MR) is 105 cm³/mol. The Morgan fingerprint density at radius 1 is 1.00 bits per heavy atom. The number of nitrogens with zero attached hydrogens (tertiary/aromatic N) is 1. The Balaban J connectivity index is 1.95. The lowest BCUT2D eigenvalue weighted by atomic mass is 9.90. The lowest BCUT2D eigenvalue weighted by Gasteiger charge is -2.18. The molecule has 3 nitrogen and oxygen atoms in total. The fraction of sp³-hybridized carbons (Fsp3) is 0.100. The van der Waals surface area contributed by atoms with Crippen LogP contribution in [0.5, 0.6) is 0 Å². The number of halogens is 1. The van der Waals surface area contributed by atoms with E-state index in [4.69, 9.17) is 0 Å². The third-order valence-corrected chi connectivity index (χ3v) is 4.40. The number of hydrogen-bond donors (Lipinski definition) is 1. The van der Waals surface area contributed by atoms with Crippen molar-refractivity contribution in [3.63, 3.8) is 0 Å². The van der Waals surface area contributed by atoms with Crippen molar-refractivity contribution in [1.29, 1.82) is 0 Å². The Kier molecular flexibility index (Phi) is 5.25. The average molecular weight is 428 g/mol. The van der Waals surface area contributed by atoms with Gasteiger partial charge < -0.3 is 5.32 Å². The van der Waals surface area contributed by atoms with Crippen LogP contribution in [0.4, 0.5) is 5.82 Å². The Labute approximate surface area is 155 Å². The minimum absolute atomic E-state index is 0.0794. The van der Waals surface area contributed by atoms with Crippen molar-refractivity contribution in [3.8, 4) is 0 Å². The number of hydrogen-bond acceptors (Lipinski definition) is 2. The molecule has 2 aromatic carbocycles. The molecule has 0 saturated carbocycles. The van der Waals surface area contributed by atoms with Gasteiger partial charge in [-0.1, -0.05) is 60.7 Å². The van der Waals surface area contributed by atoms with Crippen molar-refractivity contribution >= 4 is 34.3 Å². The maximum absolute atomic E-state index is 13.0. The number of pyridine rings is 1. The fourth-order valence-corrected chi connectivity index (χ4v) is 3.25. The van der Waals surface area contributed by atoms with E-state index >= 15 is 0 Å². The number of nitrogens with one attached hydrogen (secondary N) is 1. The van der Waals surface area contributed by atoms with Crippen LogP contribution in [0.2, 0.25) is 0 Å². The van der Waals surface area contributed by atoms with Gasteiger partial charge in [0.25, 0.3) is 0 Å². The van der Waals surface area contributed by atoms with E-state index in [1.165, 1.54) is 0 Å². The summed E-state index contributed by atoms with van der Waals surface area (Å²) in [6.45, 7) is 1.95. The maximum Gasteiger partial charge on any atom is 0.237 e. The first kappa shape index (κ1) is 16.6. The maximum atomic E-state index is 13.0. The lowest BCUT2D eigenvalue weighted by Crippen LogP contribution is -2.23. The first-order valence-electron chi connectivity index (χ1n) is 7.68. The summed E-state index contributed by atoms with van der Waals surface area (Å²) in [5.74, 6) is 0.161. The minimum Gasteiger partial charge on any atom is -0.310 e. The van der Waals surface area contributed by atoms with E-state index in [1.807, 2.05) is 73.7 Å². The van der Waals surface area contributed by atoms with Crippen molar-refractivity contribution in [1.82, 2.24) is 4.98 Å². The van der Waals surface area contributed by atoms with E-state index in [0.29, 0.717) is 5.82 Å². The largest absolute Gasteiger partial charge is 0.310 e. The smallest absolute Gasteiger partial charge is 0.237 e. The van der Waals surface area contributed by atoms with Crippen molar-refractivity contribution in [2.45, 2.75) is 12.8 Å². The summed E-state index contributed by atoms with van der Waals surface area (Å²) in [5.41, 5.74) is 2.88. The van der Waals surface area contributed by atoms with Gasteiger partial charge in [0.2, 0.25) is 5.91 Å². The number of amides is 1. The standard InChI is InChI=1S/C20H17IN2O/c1-14-12-17(21)13-22-19(14)23-20(24)18(15-8-4-2-5-9-15)16-10-6-3-7-11-16/h2-13,18H,1H3,(H,22,23,24). The molecule has 1 N–H and O–H groups in total. The van der Waals surface area contributed by atoms with Gasteiger partial charge in [0.05, 0.1) is 5.92 Å². The SMILES string of the molecule is Cc1cc(I)cnc1NC(=O)C(c1ccccc1)c1ccccc1. The van der Waals surface area contributed by atoms with Crippen molar-refractivity contribution in [2.24, 2.45) is 0 Å². The van der Waals surface area contributed by atoms with Crippen LogP contribution in [0.15, 0.2) is 72.9 Å². The van der Waals surface area contributed by atoms with Crippen LogP contribution in [0.1, 0.15) is 22.6 Å². The van der Waals surface area contributed by atoms with Crippen LogP contribution in [0, 0.1) is 10.5 Å². The molecule has 3 aromatic rings. The van der Waals surface area contributed by atoms with Crippen LogP contribution in [-0.2, 0) is 4.79 Å².